The molecule has 0 saturated heterocycles. The van der Waals surface area contributed by atoms with Crippen molar-refractivity contribution in [2.24, 2.45) is 0 Å². The van der Waals surface area contributed by atoms with Crippen molar-refractivity contribution < 1.29 is 14.2 Å². The minimum Gasteiger partial charge on any atom is -0.493 e. The minimum atomic E-state index is -0.450. The van der Waals surface area contributed by atoms with Crippen molar-refractivity contribution in [3.63, 3.8) is 0 Å². The Kier molecular flexibility index (Phi) is 7.53. The average molecular weight is 570 g/mol. The van der Waals surface area contributed by atoms with Crippen molar-refractivity contribution in [2.45, 2.75) is 57.6 Å². The van der Waals surface area contributed by atoms with Gasteiger partial charge in [-0.3, -0.25) is 5.41 Å². The molecule has 0 bridgehead atoms. The van der Waals surface area contributed by atoms with Gasteiger partial charge >= 0.3 is 0 Å². The number of nitrogens with zero attached hydrogens (tertiary/aromatic N) is 3. The Morgan fingerprint density at radius 3 is 2.66 bits per heavy atom. The van der Waals surface area contributed by atoms with E-state index in [2.05, 4.69) is 41.3 Å². The number of para-hydroxylation sites is 1. The molecule has 0 unspecified atom stereocenters. The van der Waals surface area contributed by atoms with E-state index in [-0.39, 0.29) is 11.6 Å². The fourth-order valence-corrected chi connectivity index (χ4v) is 6.02. The summed E-state index contributed by atoms with van der Waals surface area (Å²) in [5.41, 5.74) is 3.12. The zero-order valence-corrected chi connectivity index (χ0v) is 24.5. The SMILES string of the molecule is COc1ccc(Cn2cnc(=N)c3[nH]c(C(C)(C)COc4ccccc4-c4cccs4)nc32)cc1OC1CCCC1. The number of aromatic nitrogens is 4. The maximum Gasteiger partial charge on any atom is 0.173 e. The summed E-state index contributed by atoms with van der Waals surface area (Å²) in [5.74, 6) is 3.09. The summed E-state index contributed by atoms with van der Waals surface area (Å²) in [5, 5.41) is 10.5. The Balaban J connectivity index is 1.26. The van der Waals surface area contributed by atoms with Crippen molar-refractivity contribution in [3.8, 4) is 27.7 Å². The fourth-order valence-electron chi connectivity index (χ4n) is 5.27. The standard InChI is InChI=1S/C32H35N5O3S/c1-32(2,19-39-24-12-7-6-11-23(24)27-13-8-16-41-27)31-35-28-29(33)34-20-37(30(28)36-31)18-21-14-15-25(38-3)26(17-21)40-22-9-4-5-10-22/h6-8,11-17,20,22,33H,4-5,9-10,18-19H2,1-3H3,(H,35,36). The van der Waals surface area contributed by atoms with Crippen molar-refractivity contribution in [1.29, 1.82) is 5.41 Å². The molecule has 2 N–H and O–H groups in total. The van der Waals surface area contributed by atoms with E-state index >= 15 is 0 Å². The molecule has 6 rings (SSSR count). The Bertz CT molecular complexity index is 1700. The van der Waals surface area contributed by atoms with Crippen LogP contribution in [0.4, 0.5) is 0 Å². The lowest BCUT2D eigenvalue weighted by molar-refractivity contribution is 0.200. The van der Waals surface area contributed by atoms with Crippen LogP contribution in [0.3, 0.4) is 0 Å². The second kappa shape index (κ2) is 11.4. The van der Waals surface area contributed by atoms with Crippen LogP contribution in [-0.4, -0.2) is 39.3 Å². The van der Waals surface area contributed by atoms with Gasteiger partial charge in [0.05, 0.1) is 31.5 Å². The molecule has 1 aliphatic rings. The molecule has 1 saturated carbocycles. The first kappa shape index (κ1) is 27.1. The maximum atomic E-state index is 8.45. The Hall–Kier alpha value is -4.11. The molecule has 0 spiro atoms. The Morgan fingerprint density at radius 2 is 1.88 bits per heavy atom. The highest BCUT2D eigenvalue weighted by Gasteiger charge is 2.27. The molecule has 3 heterocycles. The topological polar surface area (TPSA) is 98.0 Å². The van der Waals surface area contributed by atoms with Gasteiger partial charge in [0.1, 0.15) is 23.7 Å². The van der Waals surface area contributed by atoms with Crippen LogP contribution in [0, 0.1) is 5.41 Å². The molecule has 41 heavy (non-hydrogen) atoms. The Labute approximate surface area is 243 Å². The van der Waals surface area contributed by atoms with Crippen molar-refractivity contribution in [1.82, 2.24) is 19.5 Å². The molecule has 0 aliphatic heterocycles. The first-order valence-electron chi connectivity index (χ1n) is 14.0. The molecular formula is C32H35N5O3S. The first-order chi connectivity index (χ1) is 19.9. The van der Waals surface area contributed by atoms with Crippen molar-refractivity contribution >= 4 is 22.5 Å². The molecule has 1 fully saturated rings. The van der Waals surface area contributed by atoms with Gasteiger partial charge in [-0.2, -0.15) is 0 Å². The smallest absolute Gasteiger partial charge is 0.173 e. The van der Waals surface area contributed by atoms with Gasteiger partial charge in [0.25, 0.3) is 0 Å². The van der Waals surface area contributed by atoms with Gasteiger partial charge < -0.3 is 23.8 Å². The number of hydrogen-bond acceptors (Lipinski definition) is 7. The van der Waals surface area contributed by atoms with Gasteiger partial charge in [-0.25, -0.2) is 9.97 Å². The summed E-state index contributed by atoms with van der Waals surface area (Å²) in [4.78, 5) is 13.9. The van der Waals surface area contributed by atoms with E-state index in [1.54, 1.807) is 24.8 Å². The maximum absolute atomic E-state index is 8.45. The van der Waals surface area contributed by atoms with Crippen LogP contribution in [-0.2, 0) is 12.0 Å². The van der Waals surface area contributed by atoms with Crippen LogP contribution in [0.15, 0.2) is 66.3 Å². The summed E-state index contributed by atoms with van der Waals surface area (Å²) < 4.78 is 20.2. The molecule has 8 nitrogen and oxygen atoms in total. The molecule has 2 aromatic carbocycles. The van der Waals surface area contributed by atoms with E-state index in [4.69, 9.17) is 24.6 Å². The van der Waals surface area contributed by atoms with Crippen molar-refractivity contribution in [3.05, 3.63) is 83.2 Å². The highest BCUT2D eigenvalue weighted by molar-refractivity contribution is 7.13. The molecular weight excluding hydrogens is 534 g/mol. The van der Waals surface area contributed by atoms with Crippen LogP contribution in [0.1, 0.15) is 50.9 Å². The summed E-state index contributed by atoms with van der Waals surface area (Å²) >= 11 is 1.69. The third-order valence-electron chi connectivity index (χ3n) is 7.60. The number of imidazole rings is 1. The first-order valence-corrected chi connectivity index (χ1v) is 14.9. The summed E-state index contributed by atoms with van der Waals surface area (Å²) in [7, 11) is 1.67. The highest BCUT2D eigenvalue weighted by atomic mass is 32.1. The minimum absolute atomic E-state index is 0.162. The lowest BCUT2D eigenvalue weighted by Gasteiger charge is -2.23. The van der Waals surface area contributed by atoms with Gasteiger partial charge in [-0.05, 0) is 80.8 Å². The number of thiophene rings is 1. The normalized spacial score (nSPS) is 14.0. The predicted molar refractivity (Wildman–Crippen MR) is 161 cm³/mol. The van der Waals surface area contributed by atoms with E-state index in [0.717, 1.165) is 47.0 Å². The summed E-state index contributed by atoms with van der Waals surface area (Å²) in [6.07, 6.45) is 6.47. The van der Waals surface area contributed by atoms with Crippen LogP contribution < -0.4 is 19.7 Å². The van der Waals surface area contributed by atoms with Gasteiger partial charge in [0.15, 0.2) is 22.6 Å². The molecule has 3 aromatic heterocycles. The van der Waals surface area contributed by atoms with Crippen LogP contribution in [0.25, 0.3) is 21.6 Å². The van der Waals surface area contributed by atoms with E-state index in [1.165, 1.54) is 17.7 Å². The largest absolute Gasteiger partial charge is 0.493 e. The van der Waals surface area contributed by atoms with Gasteiger partial charge in [-0.15, -0.1) is 11.3 Å². The zero-order valence-electron chi connectivity index (χ0n) is 23.6. The number of aromatic amines is 1. The fraction of sp³-hybridized carbons (Fsp3) is 0.344. The van der Waals surface area contributed by atoms with Gasteiger partial charge in [0.2, 0.25) is 0 Å². The number of ether oxygens (including phenoxy) is 3. The van der Waals surface area contributed by atoms with Crippen LogP contribution in [0.2, 0.25) is 0 Å². The molecule has 9 heteroatoms. The van der Waals surface area contributed by atoms with Gasteiger partial charge in [0, 0.05) is 10.4 Å². The zero-order chi connectivity index (χ0) is 28.4. The van der Waals surface area contributed by atoms with Crippen LogP contribution in [0.5, 0.6) is 17.2 Å². The van der Waals surface area contributed by atoms with Crippen LogP contribution >= 0.6 is 11.3 Å². The number of hydrogen-bond donors (Lipinski definition) is 2. The van der Waals surface area contributed by atoms with E-state index in [1.807, 2.05) is 47.0 Å². The number of nitrogens with one attached hydrogen (secondary N) is 2. The monoisotopic (exact) mass is 569 g/mol. The summed E-state index contributed by atoms with van der Waals surface area (Å²) in [6.45, 7) is 5.13. The lowest BCUT2D eigenvalue weighted by atomic mass is 9.94. The molecule has 1 aliphatic carbocycles. The number of benzene rings is 2. The quantitative estimate of drug-likeness (QED) is 0.195. The molecule has 212 valence electrons. The number of H-pyrrole nitrogens is 1. The number of fused-ring (bicyclic) bond motifs is 1. The lowest BCUT2D eigenvalue weighted by Crippen LogP contribution is -2.28. The molecule has 0 amide bonds. The van der Waals surface area contributed by atoms with E-state index < -0.39 is 5.41 Å². The van der Waals surface area contributed by atoms with Crippen molar-refractivity contribution in [2.75, 3.05) is 13.7 Å². The predicted octanol–water partition coefficient (Wildman–Crippen LogP) is 6.70. The molecule has 5 aromatic rings. The third kappa shape index (κ3) is 5.72. The Morgan fingerprint density at radius 1 is 1.05 bits per heavy atom. The molecule has 0 atom stereocenters. The third-order valence-corrected chi connectivity index (χ3v) is 8.50. The highest BCUT2D eigenvalue weighted by Crippen LogP contribution is 2.35. The van der Waals surface area contributed by atoms with E-state index in [9.17, 15) is 0 Å². The summed E-state index contributed by atoms with van der Waals surface area (Å²) in [6, 6.07) is 18.3. The molecule has 0 radical (unpaired) electrons. The van der Waals surface area contributed by atoms with E-state index in [0.29, 0.717) is 24.3 Å². The second-order valence-electron chi connectivity index (χ2n) is 11.2. The average Bonchev–Trinajstić information content (AvgIpc) is 3.77. The number of rotatable bonds is 10. The van der Waals surface area contributed by atoms with Gasteiger partial charge in [-0.1, -0.05) is 24.3 Å². The number of methoxy groups -OCH3 is 1. The second-order valence-corrected chi connectivity index (χ2v) is 12.1.